The average molecular weight is 250 g/mol. The zero-order valence-corrected chi connectivity index (χ0v) is 12.3. The second-order valence-electron chi connectivity index (χ2n) is 6.03. The first-order valence-electron chi connectivity index (χ1n) is 6.91. The molecule has 18 heavy (non-hydrogen) atoms. The van der Waals surface area contributed by atoms with Crippen molar-refractivity contribution in [1.82, 2.24) is 14.5 Å². The minimum Gasteiger partial charge on any atom is -0.354 e. The molecule has 0 unspecified atom stereocenters. The van der Waals surface area contributed by atoms with Gasteiger partial charge in [-0.05, 0) is 54.1 Å². The molecule has 4 heteroatoms. The van der Waals surface area contributed by atoms with Gasteiger partial charge in [-0.25, -0.2) is 4.98 Å². The molecule has 4 nitrogen and oxygen atoms in total. The molecule has 1 fully saturated rings. The summed E-state index contributed by atoms with van der Waals surface area (Å²) in [6.07, 6.45) is 6.04. The fourth-order valence-electron chi connectivity index (χ4n) is 2.65. The zero-order valence-electron chi connectivity index (χ0n) is 12.3. The van der Waals surface area contributed by atoms with Crippen molar-refractivity contribution in [3.05, 3.63) is 11.9 Å². The third kappa shape index (κ3) is 2.39. The van der Waals surface area contributed by atoms with Crippen molar-refractivity contribution in [2.45, 2.75) is 51.6 Å². The zero-order chi connectivity index (χ0) is 13.3. The van der Waals surface area contributed by atoms with Gasteiger partial charge in [-0.3, -0.25) is 0 Å². The summed E-state index contributed by atoms with van der Waals surface area (Å²) in [6, 6.07) is 0.449. The summed E-state index contributed by atoms with van der Waals surface area (Å²) in [4.78, 5) is 6.95. The number of imidazole rings is 1. The molecule has 1 aromatic rings. The summed E-state index contributed by atoms with van der Waals surface area (Å²) in [5.74, 6) is 1.01. The molecule has 1 aliphatic carbocycles. The summed E-state index contributed by atoms with van der Waals surface area (Å²) in [7, 11) is 4.36. The summed E-state index contributed by atoms with van der Waals surface area (Å²) in [6.45, 7) is 7.42. The van der Waals surface area contributed by atoms with Gasteiger partial charge in [0.25, 0.3) is 0 Å². The molecule has 0 atom stereocenters. The Morgan fingerprint density at radius 1 is 1.44 bits per heavy atom. The summed E-state index contributed by atoms with van der Waals surface area (Å²) < 4.78 is 2.22. The van der Waals surface area contributed by atoms with Gasteiger partial charge in [-0.1, -0.05) is 0 Å². The Bertz CT molecular complexity index is 402. The largest absolute Gasteiger partial charge is 0.354 e. The van der Waals surface area contributed by atoms with Crippen molar-refractivity contribution in [3.8, 4) is 0 Å². The van der Waals surface area contributed by atoms with Gasteiger partial charge >= 0.3 is 0 Å². The molecule has 0 saturated heterocycles. The first-order chi connectivity index (χ1) is 8.44. The van der Waals surface area contributed by atoms with E-state index >= 15 is 0 Å². The molecule has 0 aromatic carbocycles. The van der Waals surface area contributed by atoms with Gasteiger partial charge in [-0.15, -0.1) is 0 Å². The lowest BCUT2D eigenvalue weighted by Crippen LogP contribution is -2.54. The number of anilines is 1. The first kappa shape index (κ1) is 13.4. The van der Waals surface area contributed by atoms with E-state index in [1.807, 2.05) is 0 Å². The Hall–Kier alpha value is -1.03. The van der Waals surface area contributed by atoms with Crippen LogP contribution >= 0.6 is 0 Å². The van der Waals surface area contributed by atoms with Crippen LogP contribution in [0.1, 0.15) is 44.8 Å². The molecule has 0 bridgehead atoms. The standard InChI is InChI=1S/C14H26N4/c1-11(2)18-9-12(3)16-13(18)15-10-14(17(4)5)7-6-8-14/h9,11H,6-8,10H2,1-5H3,(H,15,16). The van der Waals surface area contributed by atoms with E-state index in [9.17, 15) is 0 Å². The van der Waals surface area contributed by atoms with Gasteiger partial charge in [0.1, 0.15) is 0 Å². The van der Waals surface area contributed by atoms with E-state index < -0.39 is 0 Å². The van der Waals surface area contributed by atoms with E-state index in [4.69, 9.17) is 0 Å². The molecular weight excluding hydrogens is 224 g/mol. The third-order valence-electron chi connectivity index (χ3n) is 4.22. The molecule has 1 saturated carbocycles. The van der Waals surface area contributed by atoms with E-state index in [0.29, 0.717) is 11.6 Å². The highest BCUT2D eigenvalue weighted by Crippen LogP contribution is 2.36. The fraction of sp³-hybridized carbons (Fsp3) is 0.786. The van der Waals surface area contributed by atoms with E-state index in [0.717, 1.165) is 18.2 Å². The Balaban J connectivity index is 2.06. The van der Waals surface area contributed by atoms with Crippen LogP contribution < -0.4 is 5.32 Å². The monoisotopic (exact) mass is 250 g/mol. The maximum absolute atomic E-state index is 4.59. The Morgan fingerprint density at radius 3 is 2.56 bits per heavy atom. The van der Waals surface area contributed by atoms with Crippen molar-refractivity contribution >= 4 is 5.95 Å². The van der Waals surface area contributed by atoms with Crippen molar-refractivity contribution in [2.24, 2.45) is 0 Å². The van der Waals surface area contributed by atoms with Crippen LogP contribution in [-0.2, 0) is 0 Å². The SMILES string of the molecule is Cc1cn(C(C)C)c(NCC2(N(C)C)CCC2)n1. The molecule has 0 spiro atoms. The fourth-order valence-corrected chi connectivity index (χ4v) is 2.65. The molecule has 1 aliphatic rings. The van der Waals surface area contributed by atoms with Crippen LogP contribution in [-0.4, -0.2) is 40.6 Å². The molecule has 0 amide bonds. The second kappa shape index (κ2) is 4.92. The van der Waals surface area contributed by atoms with Crippen LogP contribution in [0.15, 0.2) is 6.20 Å². The lowest BCUT2D eigenvalue weighted by Gasteiger charge is -2.47. The van der Waals surface area contributed by atoms with Gasteiger partial charge < -0.3 is 14.8 Å². The highest BCUT2D eigenvalue weighted by Gasteiger charge is 2.39. The van der Waals surface area contributed by atoms with Crippen LogP contribution in [0.25, 0.3) is 0 Å². The first-order valence-corrected chi connectivity index (χ1v) is 6.91. The van der Waals surface area contributed by atoms with E-state index in [1.54, 1.807) is 0 Å². The van der Waals surface area contributed by atoms with Gasteiger partial charge in [0, 0.05) is 24.3 Å². The van der Waals surface area contributed by atoms with Gasteiger partial charge in [-0.2, -0.15) is 0 Å². The Kier molecular flexibility index (Phi) is 3.66. The van der Waals surface area contributed by atoms with Crippen LogP contribution in [0.3, 0.4) is 0 Å². The maximum Gasteiger partial charge on any atom is 0.203 e. The molecule has 0 radical (unpaired) electrons. The lowest BCUT2D eigenvalue weighted by molar-refractivity contribution is 0.0736. The smallest absolute Gasteiger partial charge is 0.203 e. The Labute approximate surface area is 110 Å². The van der Waals surface area contributed by atoms with Crippen molar-refractivity contribution in [2.75, 3.05) is 26.0 Å². The number of likely N-dealkylation sites (N-methyl/N-ethyl adjacent to an activating group) is 1. The predicted molar refractivity (Wildman–Crippen MR) is 76.1 cm³/mol. The van der Waals surface area contributed by atoms with Crippen molar-refractivity contribution in [1.29, 1.82) is 0 Å². The molecular formula is C14H26N4. The molecule has 1 heterocycles. The number of rotatable bonds is 5. The summed E-state index contributed by atoms with van der Waals surface area (Å²) >= 11 is 0. The minimum absolute atomic E-state index is 0.335. The second-order valence-corrected chi connectivity index (χ2v) is 6.03. The highest BCUT2D eigenvalue weighted by atomic mass is 15.2. The highest BCUT2D eigenvalue weighted by molar-refractivity contribution is 5.31. The van der Waals surface area contributed by atoms with E-state index in [-0.39, 0.29) is 0 Å². The number of aromatic nitrogens is 2. The average Bonchev–Trinajstić information content (AvgIpc) is 2.57. The Morgan fingerprint density at radius 2 is 2.11 bits per heavy atom. The van der Waals surface area contributed by atoms with Gasteiger partial charge in [0.15, 0.2) is 0 Å². The summed E-state index contributed by atoms with van der Waals surface area (Å²) in [5, 5.41) is 3.55. The van der Waals surface area contributed by atoms with Crippen LogP contribution in [0.2, 0.25) is 0 Å². The minimum atomic E-state index is 0.335. The van der Waals surface area contributed by atoms with Gasteiger partial charge in [0.2, 0.25) is 5.95 Å². The molecule has 0 aliphatic heterocycles. The lowest BCUT2D eigenvalue weighted by atomic mass is 9.75. The number of nitrogens with zero attached hydrogens (tertiary/aromatic N) is 3. The topological polar surface area (TPSA) is 33.1 Å². The number of hydrogen-bond donors (Lipinski definition) is 1. The van der Waals surface area contributed by atoms with Crippen LogP contribution in [0, 0.1) is 6.92 Å². The maximum atomic E-state index is 4.59. The summed E-state index contributed by atoms with van der Waals surface area (Å²) in [5.41, 5.74) is 1.42. The predicted octanol–water partition coefficient (Wildman–Crippen LogP) is 2.67. The van der Waals surface area contributed by atoms with Crippen molar-refractivity contribution in [3.63, 3.8) is 0 Å². The van der Waals surface area contributed by atoms with Gasteiger partial charge in [0.05, 0.1) is 5.69 Å². The number of nitrogens with one attached hydrogen (secondary N) is 1. The quantitative estimate of drug-likeness (QED) is 0.872. The normalized spacial score (nSPS) is 18.2. The molecule has 102 valence electrons. The van der Waals surface area contributed by atoms with Crippen molar-refractivity contribution < 1.29 is 0 Å². The third-order valence-corrected chi connectivity index (χ3v) is 4.22. The van der Waals surface area contributed by atoms with Crippen LogP contribution in [0.4, 0.5) is 5.95 Å². The molecule has 1 aromatic heterocycles. The van der Waals surface area contributed by atoms with E-state index in [1.165, 1.54) is 19.3 Å². The molecule has 1 N–H and O–H groups in total. The van der Waals surface area contributed by atoms with Crippen LogP contribution in [0.5, 0.6) is 0 Å². The molecule has 2 rings (SSSR count). The van der Waals surface area contributed by atoms with E-state index in [2.05, 4.69) is 60.8 Å². The number of hydrogen-bond acceptors (Lipinski definition) is 3. The number of aryl methyl sites for hydroxylation is 1.